The fourth-order valence-corrected chi connectivity index (χ4v) is 2.71. The summed E-state index contributed by atoms with van der Waals surface area (Å²) < 4.78 is 5.02. The van der Waals surface area contributed by atoms with Crippen LogP contribution in [0.5, 0.6) is 0 Å². The number of amides is 2. The van der Waals surface area contributed by atoms with E-state index in [1.165, 1.54) is 11.9 Å². The molecule has 0 fully saturated rings. The van der Waals surface area contributed by atoms with Crippen LogP contribution < -0.4 is 5.32 Å². The van der Waals surface area contributed by atoms with Crippen LogP contribution in [-0.2, 0) is 25.5 Å². The number of hydrogen-bond donors (Lipinski definition) is 1. The van der Waals surface area contributed by atoms with E-state index in [-0.39, 0.29) is 25.5 Å². The zero-order valence-electron chi connectivity index (χ0n) is 16.5. The van der Waals surface area contributed by atoms with Crippen LogP contribution >= 0.6 is 0 Å². The average Bonchev–Trinajstić information content (AvgIpc) is 2.68. The Morgan fingerprint density at radius 3 is 2.25 bits per heavy atom. The van der Waals surface area contributed by atoms with Crippen LogP contribution in [0.2, 0.25) is 0 Å². The maximum atomic E-state index is 12.2. The summed E-state index contributed by atoms with van der Waals surface area (Å²) in [5.74, 6) is -1.17. The Kier molecular flexibility index (Phi) is 7.75. The number of carbonyl (C=O) groups excluding carboxylic acids is 3. The van der Waals surface area contributed by atoms with Gasteiger partial charge in [0, 0.05) is 19.2 Å². The third-order valence-corrected chi connectivity index (χ3v) is 4.37. The molecule has 0 bridgehead atoms. The molecule has 1 N–H and O–H groups in total. The maximum absolute atomic E-state index is 12.2. The minimum atomic E-state index is -0.439. The number of para-hydroxylation sites is 1. The van der Waals surface area contributed by atoms with E-state index in [0.29, 0.717) is 6.42 Å². The highest BCUT2D eigenvalue weighted by Gasteiger charge is 2.16. The monoisotopic (exact) mass is 382 g/mol. The van der Waals surface area contributed by atoms with Crippen molar-refractivity contribution in [1.82, 2.24) is 4.90 Å². The molecule has 0 unspecified atom stereocenters. The van der Waals surface area contributed by atoms with Gasteiger partial charge in [-0.25, -0.2) is 0 Å². The largest absolute Gasteiger partial charge is 0.456 e. The zero-order chi connectivity index (χ0) is 20.5. The van der Waals surface area contributed by atoms with E-state index in [9.17, 15) is 14.4 Å². The Hall–Kier alpha value is -3.15. The van der Waals surface area contributed by atoms with Crippen molar-refractivity contribution in [3.05, 3.63) is 65.2 Å². The summed E-state index contributed by atoms with van der Waals surface area (Å²) in [5, 5.41) is 2.83. The summed E-state index contributed by atoms with van der Waals surface area (Å²) >= 11 is 0. The van der Waals surface area contributed by atoms with Gasteiger partial charge in [-0.1, -0.05) is 48.5 Å². The summed E-state index contributed by atoms with van der Waals surface area (Å²) in [7, 11) is 1.50. The van der Waals surface area contributed by atoms with Gasteiger partial charge in [0.15, 0.2) is 6.61 Å². The zero-order valence-corrected chi connectivity index (χ0v) is 16.5. The number of nitrogens with zero attached hydrogens (tertiary/aromatic N) is 1. The summed E-state index contributed by atoms with van der Waals surface area (Å²) in [6.45, 7) is 3.33. The Balaban J connectivity index is 1.74. The Labute approximate surface area is 165 Å². The second-order valence-electron chi connectivity index (χ2n) is 6.71. The summed E-state index contributed by atoms with van der Waals surface area (Å²) in [4.78, 5) is 37.4. The maximum Gasteiger partial charge on any atom is 0.306 e. The van der Waals surface area contributed by atoms with Crippen molar-refractivity contribution >= 4 is 23.5 Å². The van der Waals surface area contributed by atoms with E-state index in [4.69, 9.17) is 4.74 Å². The molecule has 0 atom stereocenters. The van der Waals surface area contributed by atoms with Crippen molar-refractivity contribution in [2.24, 2.45) is 0 Å². The third kappa shape index (κ3) is 6.54. The Morgan fingerprint density at radius 2 is 1.61 bits per heavy atom. The second-order valence-corrected chi connectivity index (χ2v) is 6.71. The number of rotatable bonds is 8. The molecule has 2 amide bonds. The highest BCUT2D eigenvalue weighted by atomic mass is 16.5. The minimum absolute atomic E-state index is 0.117. The first-order chi connectivity index (χ1) is 13.4. The van der Waals surface area contributed by atoms with E-state index in [1.807, 2.05) is 62.4 Å². The van der Waals surface area contributed by atoms with Crippen LogP contribution in [0.4, 0.5) is 5.69 Å². The predicted octanol–water partition coefficient (Wildman–Crippen LogP) is 2.88. The highest BCUT2D eigenvalue weighted by Crippen LogP contribution is 2.19. The molecule has 0 aromatic heterocycles. The van der Waals surface area contributed by atoms with Gasteiger partial charge in [-0.15, -0.1) is 0 Å². The number of anilines is 1. The number of hydrogen-bond acceptors (Lipinski definition) is 4. The predicted molar refractivity (Wildman–Crippen MR) is 108 cm³/mol. The van der Waals surface area contributed by atoms with E-state index < -0.39 is 11.9 Å². The molecule has 0 spiro atoms. The Bertz CT molecular complexity index is 813. The van der Waals surface area contributed by atoms with Crippen molar-refractivity contribution in [2.75, 3.05) is 25.5 Å². The van der Waals surface area contributed by atoms with Crippen molar-refractivity contribution in [1.29, 1.82) is 0 Å². The molecule has 2 aromatic carbocycles. The molecule has 0 aliphatic heterocycles. The molecule has 148 valence electrons. The molecule has 0 saturated carbocycles. The van der Waals surface area contributed by atoms with Crippen molar-refractivity contribution in [3.8, 4) is 0 Å². The van der Waals surface area contributed by atoms with Gasteiger partial charge in [0.25, 0.3) is 5.91 Å². The highest BCUT2D eigenvalue weighted by molar-refractivity contribution is 5.96. The van der Waals surface area contributed by atoms with E-state index in [0.717, 1.165) is 22.4 Å². The van der Waals surface area contributed by atoms with Gasteiger partial charge >= 0.3 is 5.97 Å². The van der Waals surface area contributed by atoms with Crippen LogP contribution in [0, 0.1) is 13.8 Å². The molecule has 0 aliphatic carbocycles. The Morgan fingerprint density at radius 1 is 0.964 bits per heavy atom. The molecule has 0 heterocycles. The fourth-order valence-electron chi connectivity index (χ4n) is 2.71. The van der Waals surface area contributed by atoms with E-state index >= 15 is 0 Å². The number of esters is 1. The normalized spacial score (nSPS) is 10.2. The van der Waals surface area contributed by atoms with Gasteiger partial charge in [0.1, 0.15) is 0 Å². The van der Waals surface area contributed by atoms with Crippen LogP contribution in [0.1, 0.15) is 23.1 Å². The first-order valence-corrected chi connectivity index (χ1v) is 9.16. The van der Waals surface area contributed by atoms with E-state index in [1.54, 1.807) is 0 Å². The SMILES string of the molecule is Cc1cccc(C)c1NC(=O)CN(C)C(=O)COC(=O)CCc1ccccc1. The van der Waals surface area contributed by atoms with Crippen LogP contribution in [0.3, 0.4) is 0 Å². The topological polar surface area (TPSA) is 75.7 Å². The minimum Gasteiger partial charge on any atom is -0.456 e. The van der Waals surface area contributed by atoms with Gasteiger partial charge in [-0.05, 0) is 37.0 Å². The molecule has 0 aliphatic rings. The van der Waals surface area contributed by atoms with Gasteiger partial charge in [0.2, 0.25) is 5.91 Å². The molecule has 2 aromatic rings. The van der Waals surface area contributed by atoms with Crippen LogP contribution in [0.15, 0.2) is 48.5 Å². The molecule has 0 saturated heterocycles. The van der Waals surface area contributed by atoms with Gasteiger partial charge in [-0.3, -0.25) is 14.4 Å². The first-order valence-electron chi connectivity index (χ1n) is 9.16. The second kappa shape index (κ2) is 10.3. The number of likely N-dealkylation sites (N-methyl/N-ethyl adjacent to an activating group) is 1. The molecular formula is C22H26N2O4. The fraction of sp³-hybridized carbons (Fsp3) is 0.318. The van der Waals surface area contributed by atoms with Gasteiger partial charge in [0.05, 0.1) is 6.54 Å². The molecule has 2 rings (SSSR count). The third-order valence-electron chi connectivity index (χ3n) is 4.37. The van der Waals surface area contributed by atoms with Crippen molar-refractivity contribution in [2.45, 2.75) is 26.7 Å². The smallest absolute Gasteiger partial charge is 0.306 e. The molecular weight excluding hydrogens is 356 g/mol. The first kappa shape index (κ1) is 21.2. The quantitative estimate of drug-likeness (QED) is 0.713. The summed E-state index contributed by atoms with van der Waals surface area (Å²) in [5.41, 5.74) is 3.69. The lowest BCUT2D eigenvalue weighted by Gasteiger charge is -2.18. The van der Waals surface area contributed by atoms with Crippen molar-refractivity contribution in [3.63, 3.8) is 0 Å². The number of benzene rings is 2. The lowest BCUT2D eigenvalue weighted by atomic mass is 10.1. The van der Waals surface area contributed by atoms with Gasteiger partial charge in [-0.2, -0.15) is 0 Å². The summed E-state index contributed by atoms with van der Waals surface area (Å²) in [6.07, 6.45) is 0.760. The van der Waals surface area contributed by atoms with Crippen LogP contribution in [-0.4, -0.2) is 42.9 Å². The lowest BCUT2D eigenvalue weighted by Crippen LogP contribution is -2.37. The molecule has 6 nitrogen and oxygen atoms in total. The number of ether oxygens (including phenoxy) is 1. The number of carbonyl (C=O) groups is 3. The van der Waals surface area contributed by atoms with Gasteiger partial charge < -0.3 is 15.0 Å². The number of aryl methyl sites for hydroxylation is 3. The van der Waals surface area contributed by atoms with E-state index in [2.05, 4.69) is 5.32 Å². The standard InChI is InChI=1S/C22H26N2O4/c1-16-8-7-9-17(2)22(16)23-19(25)14-24(3)20(26)15-28-21(27)13-12-18-10-5-4-6-11-18/h4-11H,12-15H2,1-3H3,(H,23,25). The average molecular weight is 382 g/mol. The lowest BCUT2D eigenvalue weighted by molar-refractivity contribution is -0.151. The molecule has 6 heteroatoms. The van der Waals surface area contributed by atoms with Crippen LogP contribution in [0.25, 0.3) is 0 Å². The summed E-state index contributed by atoms with van der Waals surface area (Å²) in [6, 6.07) is 15.3. The molecule has 28 heavy (non-hydrogen) atoms. The van der Waals surface area contributed by atoms with Crippen molar-refractivity contribution < 1.29 is 19.1 Å². The number of nitrogens with one attached hydrogen (secondary N) is 1. The molecule has 0 radical (unpaired) electrons.